The van der Waals surface area contributed by atoms with E-state index in [0.717, 1.165) is 17.7 Å². The SMILES string of the molecule is C=Cc1cccc(CC)c1-c1ccccn1. The van der Waals surface area contributed by atoms with Gasteiger partial charge in [0.1, 0.15) is 0 Å². The highest BCUT2D eigenvalue weighted by Crippen LogP contribution is 2.27. The molecule has 0 fully saturated rings. The second-order valence-corrected chi connectivity index (χ2v) is 3.65. The van der Waals surface area contributed by atoms with E-state index < -0.39 is 0 Å². The van der Waals surface area contributed by atoms with E-state index in [4.69, 9.17) is 0 Å². The van der Waals surface area contributed by atoms with Gasteiger partial charge in [0.15, 0.2) is 0 Å². The molecule has 1 heterocycles. The zero-order valence-electron chi connectivity index (χ0n) is 9.48. The van der Waals surface area contributed by atoms with Crippen LogP contribution in [0.1, 0.15) is 18.1 Å². The molecule has 0 aliphatic rings. The van der Waals surface area contributed by atoms with Crippen molar-refractivity contribution >= 4 is 6.08 Å². The Morgan fingerprint density at radius 2 is 2.06 bits per heavy atom. The maximum absolute atomic E-state index is 4.42. The number of rotatable bonds is 3. The van der Waals surface area contributed by atoms with Gasteiger partial charge < -0.3 is 0 Å². The highest BCUT2D eigenvalue weighted by molar-refractivity contribution is 5.75. The lowest BCUT2D eigenvalue weighted by atomic mass is 9.96. The van der Waals surface area contributed by atoms with E-state index in [9.17, 15) is 0 Å². The smallest absolute Gasteiger partial charge is 0.0710 e. The minimum atomic E-state index is 1.01. The maximum Gasteiger partial charge on any atom is 0.0710 e. The van der Waals surface area contributed by atoms with Gasteiger partial charge in [0.05, 0.1) is 5.69 Å². The van der Waals surface area contributed by atoms with E-state index in [1.54, 1.807) is 0 Å². The lowest BCUT2D eigenvalue weighted by Crippen LogP contribution is -1.92. The van der Waals surface area contributed by atoms with E-state index in [-0.39, 0.29) is 0 Å². The van der Waals surface area contributed by atoms with Crippen molar-refractivity contribution in [3.63, 3.8) is 0 Å². The summed E-state index contributed by atoms with van der Waals surface area (Å²) < 4.78 is 0. The zero-order valence-corrected chi connectivity index (χ0v) is 9.48. The van der Waals surface area contributed by atoms with Gasteiger partial charge in [0.2, 0.25) is 0 Å². The molecule has 1 aromatic carbocycles. The Hall–Kier alpha value is -1.89. The largest absolute Gasteiger partial charge is 0.256 e. The number of pyridine rings is 1. The van der Waals surface area contributed by atoms with Gasteiger partial charge in [-0.1, -0.05) is 43.8 Å². The van der Waals surface area contributed by atoms with Gasteiger partial charge >= 0.3 is 0 Å². The minimum Gasteiger partial charge on any atom is -0.256 e. The van der Waals surface area contributed by atoms with Gasteiger partial charge in [0, 0.05) is 11.8 Å². The van der Waals surface area contributed by atoms with Crippen LogP contribution in [0.5, 0.6) is 0 Å². The maximum atomic E-state index is 4.42. The molecule has 80 valence electrons. The summed E-state index contributed by atoms with van der Waals surface area (Å²) >= 11 is 0. The molecular weight excluding hydrogens is 194 g/mol. The number of aromatic nitrogens is 1. The van der Waals surface area contributed by atoms with Crippen LogP contribution in [0.4, 0.5) is 0 Å². The minimum absolute atomic E-state index is 1.01. The first-order chi connectivity index (χ1) is 7.86. The Kier molecular flexibility index (Phi) is 3.16. The van der Waals surface area contributed by atoms with Crippen LogP contribution >= 0.6 is 0 Å². The van der Waals surface area contributed by atoms with Crippen LogP contribution < -0.4 is 0 Å². The summed E-state index contributed by atoms with van der Waals surface area (Å²) in [5, 5.41) is 0. The van der Waals surface area contributed by atoms with Crippen LogP contribution in [0.15, 0.2) is 49.2 Å². The first kappa shape index (κ1) is 10.6. The van der Waals surface area contributed by atoms with Gasteiger partial charge in [-0.25, -0.2) is 0 Å². The van der Waals surface area contributed by atoms with Gasteiger partial charge in [0.25, 0.3) is 0 Å². The predicted molar refractivity (Wildman–Crippen MR) is 69.1 cm³/mol. The highest BCUT2D eigenvalue weighted by Gasteiger charge is 2.07. The summed E-state index contributed by atoms with van der Waals surface area (Å²) in [7, 11) is 0. The van der Waals surface area contributed by atoms with E-state index in [0.29, 0.717) is 0 Å². The fraction of sp³-hybridized carbons (Fsp3) is 0.133. The molecule has 1 aromatic heterocycles. The van der Waals surface area contributed by atoms with Crippen molar-refractivity contribution in [2.24, 2.45) is 0 Å². The molecule has 0 bridgehead atoms. The molecule has 0 atom stereocenters. The summed E-state index contributed by atoms with van der Waals surface area (Å²) in [6, 6.07) is 12.3. The molecule has 0 saturated heterocycles. The van der Waals surface area contributed by atoms with Gasteiger partial charge in [-0.2, -0.15) is 0 Å². The van der Waals surface area contributed by atoms with Crippen LogP contribution in [0.25, 0.3) is 17.3 Å². The summed E-state index contributed by atoms with van der Waals surface area (Å²) in [6.07, 6.45) is 4.73. The Bertz CT molecular complexity index is 486. The van der Waals surface area contributed by atoms with Crippen LogP contribution in [0.2, 0.25) is 0 Å². The molecule has 0 N–H and O–H groups in total. The third-order valence-corrected chi connectivity index (χ3v) is 2.70. The van der Waals surface area contributed by atoms with Gasteiger partial charge in [-0.05, 0) is 29.7 Å². The second-order valence-electron chi connectivity index (χ2n) is 3.65. The Labute approximate surface area is 96.5 Å². The molecule has 1 nitrogen and oxygen atoms in total. The highest BCUT2D eigenvalue weighted by atomic mass is 14.7. The van der Waals surface area contributed by atoms with Crippen LogP contribution in [-0.4, -0.2) is 4.98 Å². The van der Waals surface area contributed by atoms with Crippen molar-refractivity contribution in [2.45, 2.75) is 13.3 Å². The first-order valence-electron chi connectivity index (χ1n) is 5.52. The molecule has 16 heavy (non-hydrogen) atoms. The second kappa shape index (κ2) is 4.75. The fourth-order valence-corrected chi connectivity index (χ4v) is 1.91. The summed E-state index contributed by atoms with van der Waals surface area (Å²) in [6.45, 7) is 6.03. The van der Waals surface area contributed by atoms with E-state index in [2.05, 4.69) is 36.7 Å². The lowest BCUT2D eigenvalue weighted by molar-refractivity contribution is 1.13. The summed E-state index contributed by atoms with van der Waals surface area (Å²) in [4.78, 5) is 4.42. The fourth-order valence-electron chi connectivity index (χ4n) is 1.91. The normalized spacial score (nSPS) is 10.1. The predicted octanol–water partition coefficient (Wildman–Crippen LogP) is 3.95. The number of benzene rings is 1. The third-order valence-electron chi connectivity index (χ3n) is 2.70. The first-order valence-corrected chi connectivity index (χ1v) is 5.52. The van der Waals surface area contributed by atoms with Crippen molar-refractivity contribution in [3.8, 4) is 11.3 Å². The van der Waals surface area contributed by atoms with Crippen molar-refractivity contribution in [3.05, 3.63) is 60.3 Å². The van der Waals surface area contributed by atoms with Crippen LogP contribution in [0, 0.1) is 0 Å². The Morgan fingerprint density at radius 3 is 2.69 bits per heavy atom. The summed E-state index contributed by atoms with van der Waals surface area (Å²) in [5.74, 6) is 0. The van der Waals surface area contributed by atoms with Gasteiger partial charge in [-0.3, -0.25) is 4.98 Å². The molecule has 2 rings (SSSR count). The molecule has 0 spiro atoms. The third kappa shape index (κ3) is 1.89. The Balaban J connectivity index is 2.66. The van der Waals surface area contributed by atoms with Crippen molar-refractivity contribution in [2.75, 3.05) is 0 Å². The number of nitrogens with zero attached hydrogens (tertiary/aromatic N) is 1. The average molecular weight is 209 g/mol. The molecule has 0 radical (unpaired) electrons. The van der Waals surface area contributed by atoms with E-state index in [1.165, 1.54) is 11.1 Å². The standard InChI is InChI=1S/C15H15N/c1-3-12-8-7-9-13(4-2)15(12)14-10-5-6-11-16-14/h3,5-11H,1,4H2,2H3. The van der Waals surface area contributed by atoms with Crippen LogP contribution in [0.3, 0.4) is 0 Å². The van der Waals surface area contributed by atoms with Crippen molar-refractivity contribution in [1.29, 1.82) is 0 Å². The topological polar surface area (TPSA) is 12.9 Å². The van der Waals surface area contributed by atoms with Gasteiger partial charge in [-0.15, -0.1) is 0 Å². The molecule has 2 aromatic rings. The lowest BCUT2D eigenvalue weighted by Gasteiger charge is -2.10. The summed E-state index contributed by atoms with van der Waals surface area (Å²) in [5.41, 5.74) is 4.70. The zero-order chi connectivity index (χ0) is 11.4. The molecule has 1 heteroatoms. The van der Waals surface area contributed by atoms with E-state index in [1.807, 2.05) is 30.5 Å². The molecular formula is C15H15N. The number of hydrogen-bond donors (Lipinski definition) is 0. The quantitative estimate of drug-likeness (QED) is 0.745. The van der Waals surface area contributed by atoms with Crippen molar-refractivity contribution in [1.82, 2.24) is 4.98 Å². The van der Waals surface area contributed by atoms with Crippen molar-refractivity contribution < 1.29 is 0 Å². The molecule has 0 amide bonds. The molecule has 0 aliphatic heterocycles. The monoisotopic (exact) mass is 209 g/mol. The average Bonchev–Trinajstić information content (AvgIpc) is 2.38. The Morgan fingerprint density at radius 1 is 1.19 bits per heavy atom. The number of hydrogen-bond acceptors (Lipinski definition) is 1. The molecule has 0 saturated carbocycles. The van der Waals surface area contributed by atoms with Crippen LogP contribution in [-0.2, 0) is 6.42 Å². The number of aryl methyl sites for hydroxylation is 1. The molecule has 0 aliphatic carbocycles. The van der Waals surface area contributed by atoms with E-state index >= 15 is 0 Å². The molecule has 0 unspecified atom stereocenters.